The minimum atomic E-state index is -0.0376. The molecule has 0 aliphatic heterocycles. The summed E-state index contributed by atoms with van der Waals surface area (Å²) < 4.78 is 0.765. The van der Waals surface area contributed by atoms with Gasteiger partial charge in [-0.1, -0.05) is 73.3 Å². The summed E-state index contributed by atoms with van der Waals surface area (Å²) in [4.78, 5) is 12.4. The number of anilines is 3. The van der Waals surface area contributed by atoms with Crippen molar-refractivity contribution in [3.05, 3.63) is 59.7 Å². The quantitative estimate of drug-likeness (QED) is 0.455. The fraction of sp³-hybridized carbons (Fsp3) is 0.286. The van der Waals surface area contributed by atoms with E-state index in [2.05, 4.69) is 40.7 Å². The molecule has 1 aromatic heterocycles. The first-order valence-electron chi connectivity index (χ1n) is 9.24. The zero-order chi connectivity index (χ0) is 19.9. The molecular formula is C21H24N4OS2. The van der Waals surface area contributed by atoms with Crippen LogP contribution in [0.3, 0.4) is 0 Å². The van der Waals surface area contributed by atoms with Crippen molar-refractivity contribution in [3.63, 3.8) is 0 Å². The van der Waals surface area contributed by atoms with Crippen LogP contribution in [-0.2, 0) is 4.79 Å². The van der Waals surface area contributed by atoms with Gasteiger partial charge in [0.1, 0.15) is 0 Å². The third-order valence-electron chi connectivity index (χ3n) is 4.50. The largest absolute Gasteiger partial charge is 0.330 e. The molecule has 0 spiro atoms. The zero-order valence-corrected chi connectivity index (χ0v) is 17.9. The number of hydrogen-bond acceptors (Lipinski definition) is 6. The van der Waals surface area contributed by atoms with Crippen LogP contribution in [0.15, 0.2) is 52.9 Å². The lowest BCUT2D eigenvalue weighted by atomic mass is 9.97. The molecule has 3 rings (SSSR count). The first-order valence-corrected chi connectivity index (χ1v) is 11.0. The van der Waals surface area contributed by atoms with Crippen LogP contribution < -0.4 is 10.6 Å². The van der Waals surface area contributed by atoms with E-state index in [9.17, 15) is 4.79 Å². The lowest BCUT2D eigenvalue weighted by molar-refractivity contribution is -0.113. The van der Waals surface area contributed by atoms with Crippen molar-refractivity contribution in [1.29, 1.82) is 0 Å². The Balaban J connectivity index is 1.56. The molecule has 1 amide bonds. The normalized spacial score (nSPS) is 11.8. The third kappa shape index (κ3) is 5.33. The molecule has 7 heteroatoms. The molecule has 3 aromatic rings. The first-order chi connectivity index (χ1) is 13.6. The molecule has 28 heavy (non-hydrogen) atoms. The summed E-state index contributed by atoms with van der Waals surface area (Å²) in [5, 5.41) is 15.4. The molecule has 146 valence electrons. The second-order valence-corrected chi connectivity index (χ2v) is 8.75. The van der Waals surface area contributed by atoms with Crippen molar-refractivity contribution in [2.24, 2.45) is 0 Å². The van der Waals surface area contributed by atoms with Crippen molar-refractivity contribution >= 4 is 45.5 Å². The van der Waals surface area contributed by atoms with Crippen molar-refractivity contribution < 1.29 is 4.79 Å². The number of carbonyl (C=O) groups is 1. The number of benzene rings is 2. The molecule has 0 aliphatic carbocycles. The van der Waals surface area contributed by atoms with Gasteiger partial charge in [-0.15, -0.1) is 10.2 Å². The van der Waals surface area contributed by atoms with Crippen LogP contribution in [0.4, 0.5) is 16.5 Å². The number of amides is 1. The van der Waals surface area contributed by atoms with Gasteiger partial charge in [-0.2, -0.15) is 0 Å². The molecular weight excluding hydrogens is 388 g/mol. The van der Waals surface area contributed by atoms with Gasteiger partial charge in [0.25, 0.3) is 0 Å². The zero-order valence-electron chi connectivity index (χ0n) is 16.2. The van der Waals surface area contributed by atoms with E-state index in [1.807, 2.05) is 49.4 Å². The Bertz CT molecular complexity index is 941. The minimum Gasteiger partial charge on any atom is -0.330 e. The summed E-state index contributed by atoms with van der Waals surface area (Å²) in [5.74, 6) is 0.667. The molecule has 0 bridgehead atoms. The summed E-state index contributed by atoms with van der Waals surface area (Å²) >= 11 is 2.84. The first kappa shape index (κ1) is 20.4. The van der Waals surface area contributed by atoms with Crippen LogP contribution in [-0.4, -0.2) is 21.9 Å². The van der Waals surface area contributed by atoms with Gasteiger partial charge in [-0.3, -0.25) is 4.79 Å². The van der Waals surface area contributed by atoms with E-state index in [0.717, 1.165) is 32.8 Å². The molecule has 0 radical (unpaired) electrons. The smallest absolute Gasteiger partial charge is 0.234 e. The Morgan fingerprint density at radius 2 is 1.82 bits per heavy atom. The second kappa shape index (κ2) is 9.71. The van der Waals surface area contributed by atoms with Crippen molar-refractivity contribution in [3.8, 4) is 0 Å². The standard InChI is InChI=1S/C21H24N4OS2/c1-4-14(2)16-10-6-8-12-18(16)22-19(26)13-27-21-25-24-20(28-21)23-17-11-7-5-9-15(17)3/h5-12,14H,4,13H2,1-3H3,(H,22,26)(H,23,24). The van der Waals surface area contributed by atoms with Gasteiger partial charge in [0.05, 0.1) is 5.75 Å². The molecule has 0 saturated heterocycles. The van der Waals surface area contributed by atoms with E-state index < -0.39 is 0 Å². The van der Waals surface area contributed by atoms with Crippen LogP contribution in [0.5, 0.6) is 0 Å². The molecule has 1 unspecified atom stereocenters. The van der Waals surface area contributed by atoms with Crippen molar-refractivity contribution in [2.75, 3.05) is 16.4 Å². The monoisotopic (exact) mass is 412 g/mol. The van der Waals surface area contributed by atoms with E-state index >= 15 is 0 Å². The third-order valence-corrected chi connectivity index (χ3v) is 6.47. The average molecular weight is 413 g/mol. The van der Waals surface area contributed by atoms with Gasteiger partial charge in [0.2, 0.25) is 11.0 Å². The Morgan fingerprint density at radius 1 is 1.11 bits per heavy atom. The Kier molecular flexibility index (Phi) is 7.06. The molecule has 5 nitrogen and oxygen atoms in total. The van der Waals surface area contributed by atoms with E-state index in [1.165, 1.54) is 28.7 Å². The molecule has 2 N–H and O–H groups in total. The second-order valence-electron chi connectivity index (χ2n) is 6.55. The van der Waals surface area contributed by atoms with Gasteiger partial charge >= 0.3 is 0 Å². The summed E-state index contributed by atoms with van der Waals surface area (Å²) in [6.07, 6.45) is 1.03. The number of thioether (sulfide) groups is 1. The lowest BCUT2D eigenvalue weighted by Crippen LogP contribution is -2.15. The fourth-order valence-corrected chi connectivity index (χ4v) is 4.29. The summed E-state index contributed by atoms with van der Waals surface area (Å²) in [6, 6.07) is 16.0. The van der Waals surface area contributed by atoms with E-state index in [0.29, 0.717) is 11.7 Å². The minimum absolute atomic E-state index is 0.0376. The van der Waals surface area contributed by atoms with Crippen LogP contribution in [0.1, 0.15) is 37.3 Å². The highest BCUT2D eigenvalue weighted by atomic mass is 32.2. The van der Waals surface area contributed by atoms with Gasteiger partial charge in [0, 0.05) is 11.4 Å². The molecule has 0 saturated carbocycles. The van der Waals surface area contributed by atoms with Crippen LogP contribution in [0, 0.1) is 6.92 Å². The SMILES string of the molecule is CCC(C)c1ccccc1NC(=O)CSc1nnc(Nc2ccccc2C)s1. The summed E-state index contributed by atoms with van der Waals surface area (Å²) in [6.45, 7) is 6.36. The van der Waals surface area contributed by atoms with Gasteiger partial charge < -0.3 is 10.6 Å². The average Bonchev–Trinajstić information content (AvgIpc) is 3.15. The molecule has 0 fully saturated rings. The summed E-state index contributed by atoms with van der Waals surface area (Å²) in [5.41, 5.74) is 4.21. The molecule has 1 heterocycles. The molecule has 0 aliphatic rings. The van der Waals surface area contributed by atoms with Crippen molar-refractivity contribution in [1.82, 2.24) is 10.2 Å². The number of nitrogens with zero attached hydrogens (tertiary/aromatic N) is 2. The number of aryl methyl sites for hydroxylation is 1. The fourth-order valence-electron chi connectivity index (χ4n) is 2.72. The topological polar surface area (TPSA) is 66.9 Å². The Labute approximate surface area is 174 Å². The predicted molar refractivity (Wildman–Crippen MR) is 119 cm³/mol. The van der Waals surface area contributed by atoms with Crippen molar-refractivity contribution in [2.45, 2.75) is 37.4 Å². The Hall–Kier alpha value is -2.38. The number of rotatable bonds is 8. The van der Waals surface area contributed by atoms with E-state index in [4.69, 9.17) is 0 Å². The highest BCUT2D eigenvalue weighted by molar-refractivity contribution is 8.01. The molecule has 2 aromatic carbocycles. The number of carbonyl (C=O) groups excluding carboxylic acids is 1. The van der Waals surface area contributed by atoms with Crippen LogP contribution >= 0.6 is 23.1 Å². The Morgan fingerprint density at radius 3 is 2.57 bits per heavy atom. The van der Waals surface area contributed by atoms with E-state index in [1.54, 1.807) is 0 Å². The number of aromatic nitrogens is 2. The highest BCUT2D eigenvalue weighted by Gasteiger charge is 2.13. The van der Waals surface area contributed by atoms with Crippen LogP contribution in [0.25, 0.3) is 0 Å². The lowest BCUT2D eigenvalue weighted by Gasteiger charge is -2.15. The predicted octanol–water partition coefficient (Wildman–Crippen LogP) is 5.83. The van der Waals surface area contributed by atoms with Crippen LogP contribution in [0.2, 0.25) is 0 Å². The number of para-hydroxylation sites is 2. The maximum Gasteiger partial charge on any atom is 0.234 e. The maximum absolute atomic E-state index is 12.4. The van der Waals surface area contributed by atoms with Gasteiger partial charge in [-0.25, -0.2) is 0 Å². The highest BCUT2D eigenvalue weighted by Crippen LogP contribution is 2.30. The van der Waals surface area contributed by atoms with E-state index in [-0.39, 0.29) is 5.91 Å². The summed E-state index contributed by atoms with van der Waals surface area (Å²) in [7, 11) is 0. The number of nitrogens with one attached hydrogen (secondary N) is 2. The van der Waals surface area contributed by atoms with Gasteiger partial charge in [-0.05, 0) is 42.5 Å². The number of hydrogen-bond donors (Lipinski definition) is 2. The molecule has 1 atom stereocenters. The maximum atomic E-state index is 12.4. The van der Waals surface area contributed by atoms with Gasteiger partial charge in [0.15, 0.2) is 4.34 Å².